The molecule has 0 radical (unpaired) electrons. The molecule has 1 saturated carbocycles. The molecule has 0 aromatic heterocycles. The Hall–Kier alpha value is -1.06. The van der Waals surface area contributed by atoms with E-state index >= 15 is 0 Å². The van der Waals surface area contributed by atoms with E-state index in [2.05, 4.69) is 20.8 Å². The molecule has 4 heteroatoms. The molecule has 0 aromatic rings. The van der Waals surface area contributed by atoms with Crippen molar-refractivity contribution in [3.05, 3.63) is 0 Å². The van der Waals surface area contributed by atoms with Gasteiger partial charge in [0.2, 0.25) is 5.91 Å². The van der Waals surface area contributed by atoms with E-state index in [1.54, 1.807) is 0 Å². The minimum absolute atomic E-state index is 0.156. The van der Waals surface area contributed by atoms with Crippen LogP contribution in [-0.4, -0.2) is 36.5 Å². The normalized spacial score (nSPS) is 20.9. The molecule has 0 atom stereocenters. The van der Waals surface area contributed by atoms with E-state index < -0.39 is 0 Å². The molecule has 140 valence electrons. The number of ether oxygens (including phenoxy) is 1. The largest absolute Gasteiger partial charge is 0.466 e. The van der Waals surface area contributed by atoms with Crippen LogP contribution >= 0.6 is 0 Å². The maximum absolute atomic E-state index is 12.9. The van der Waals surface area contributed by atoms with E-state index in [0.717, 1.165) is 25.3 Å². The van der Waals surface area contributed by atoms with Crippen molar-refractivity contribution >= 4 is 11.9 Å². The summed E-state index contributed by atoms with van der Waals surface area (Å²) in [6, 6.07) is 0. The summed E-state index contributed by atoms with van der Waals surface area (Å²) in [6.45, 7) is 9.91. The van der Waals surface area contributed by atoms with Gasteiger partial charge in [0.15, 0.2) is 0 Å². The molecule has 0 unspecified atom stereocenters. The molecular formula is C20H37NO3. The molecule has 1 rings (SSSR count). The molecule has 0 bridgehead atoms. The predicted octanol–water partition coefficient (Wildman–Crippen LogP) is 4.42. The van der Waals surface area contributed by atoms with Crippen LogP contribution in [0.4, 0.5) is 0 Å². The molecule has 1 aliphatic carbocycles. The van der Waals surface area contributed by atoms with Crippen LogP contribution in [0.15, 0.2) is 0 Å². The van der Waals surface area contributed by atoms with Gasteiger partial charge in [0.05, 0.1) is 13.0 Å². The molecule has 1 aliphatic rings. The van der Waals surface area contributed by atoms with Crippen LogP contribution < -0.4 is 0 Å². The molecule has 0 aromatic carbocycles. The fourth-order valence-corrected chi connectivity index (χ4v) is 3.64. The molecule has 1 amide bonds. The Balaban J connectivity index is 2.50. The van der Waals surface area contributed by atoms with Crippen LogP contribution in [-0.2, 0) is 14.3 Å². The number of hydrogen-bond acceptors (Lipinski definition) is 3. The summed E-state index contributed by atoms with van der Waals surface area (Å²) in [4.78, 5) is 26.4. The highest BCUT2D eigenvalue weighted by atomic mass is 16.5. The third kappa shape index (κ3) is 7.67. The molecule has 24 heavy (non-hydrogen) atoms. The minimum Gasteiger partial charge on any atom is -0.466 e. The zero-order chi connectivity index (χ0) is 17.9. The van der Waals surface area contributed by atoms with Crippen molar-refractivity contribution in [3.8, 4) is 0 Å². The summed E-state index contributed by atoms with van der Waals surface area (Å²) in [5.41, 5.74) is 0. The zero-order valence-corrected chi connectivity index (χ0v) is 16.2. The number of amides is 1. The van der Waals surface area contributed by atoms with Gasteiger partial charge in [-0.25, -0.2) is 0 Å². The van der Waals surface area contributed by atoms with Gasteiger partial charge in [0.25, 0.3) is 0 Å². The van der Waals surface area contributed by atoms with Crippen LogP contribution in [0.3, 0.4) is 0 Å². The Kier molecular flexibility index (Phi) is 10.0. The lowest BCUT2D eigenvalue weighted by Gasteiger charge is -2.33. The van der Waals surface area contributed by atoms with E-state index in [9.17, 15) is 9.59 Å². The van der Waals surface area contributed by atoms with Gasteiger partial charge < -0.3 is 9.64 Å². The second kappa shape index (κ2) is 11.5. The second-order valence-corrected chi connectivity index (χ2v) is 7.59. The van der Waals surface area contributed by atoms with E-state index in [0.29, 0.717) is 25.5 Å². The average molecular weight is 340 g/mol. The van der Waals surface area contributed by atoms with Gasteiger partial charge in [-0.05, 0) is 44.4 Å². The van der Waals surface area contributed by atoms with Gasteiger partial charge in [-0.1, -0.05) is 40.0 Å². The summed E-state index contributed by atoms with van der Waals surface area (Å²) in [6.07, 6.45) is 8.58. The lowest BCUT2D eigenvalue weighted by Crippen LogP contribution is -2.41. The van der Waals surface area contributed by atoms with Crippen molar-refractivity contribution in [3.63, 3.8) is 0 Å². The highest BCUT2D eigenvalue weighted by Crippen LogP contribution is 2.33. The summed E-state index contributed by atoms with van der Waals surface area (Å²) < 4.78 is 5.00. The fraction of sp³-hybridized carbons (Fsp3) is 0.900. The van der Waals surface area contributed by atoms with Crippen molar-refractivity contribution in [1.82, 2.24) is 4.90 Å². The SMILES string of the molecule is CCCCC1CCC(C(=O)N(CCC(=O)OCC)CC(C)C)CC1. The molecule has 1 fully saturated rings. The predicted molar refractivity (Wildman–Crippen MR) is 97.6 cm³/mol. The Morgan fingerprint density at radius 2 is 1.79 bits per heavy atom. The van der Waals surface area contributed by atoms with Gasteiger partial charge in [0, 0.05) is 19.0 Å². The van der Waals surface area contributed by atoms with Crippen molar-refractivity contribution in [2.75, 3.05) is 19.7 Å². The molecule has 0 saturated heterocycles. The first-order chi connectivity index (χ1) is 11.5. The highest BCUT2D eigenvalue weighted by molar-refractivity contribution is 5.79. The maximum atomic E-state index is 12.9. The second-order valence-electron chi connectivity index (χ2n) is 7.59. The van der Waals surface area contributed by atoms with Gasteiger partial charge in [0.1, 0.15) is 0 Å². The first kappa shape index (κ1) is 21.0. The van der Waals surface area contributed by atoms with Crippen LogP contribution in [0.1, 0.15) is 79.1 Å². The number of unbranched alkanes of at least 4 members (excludes halogenated alkanes) is 1. The van der Waals surface area contributed by atoms with Crippen molar-refractivity contribution in [2.45, 2.75) is 79.1 Å². The number of carbonyl (C=O) groups excluding carboxylic acids is 2. The summed E-state index contributed by atoms with van der Waals surface area (Å²) in [7, 11) is 0. The van der Waals surface area contributed by atoms with Gasteiger partial charge in [-0.15, -0.1) is 0 Å². The summed E-state index contributed by atoms with van der Waals surface area (Å²) in [5, 5.41) is 0. The lowest BCUT2D eigenvalue weighted by molar-refractivity contribution is -0.145. The van der Waals surface area contributed by atoms with Crippen molar-refractivity contribution < 1.29 is 14.3 Å². The zero-order valence-electron chi connectivity index (χ0n) is 16.2. The van der Waals surface area contributed by atoms with Gasteiger partial charge in [-0.2, -0.15) is 0 Å². The molecule has 0 N–H and O–H groups in total. The van der Waals surface area contributed by atoms with E-state index in [1.807, 2.05) is 11.8 Å². The molecular weight excluding hydrogens is 302 g/mol. The van der Waals surface area contributed by atoms with E-state index in [1.165, 1.54) is 32.1 Å². The molecule has 4 nitrogen and oxygen atoms in total. The quantitative estimate of drug-likeness (QED) is 0.553. The Morgan fingerprint density at radius 1 is 1.12 bits per heavy atom. The standard InChI is InChI=1S/C20H37NO3/c1-5-7-8-17-9-11-18(12-10-17)20(23)21(15-16(3)4)14-13-19(22)24-6-2/h16-18H,5-15H2,1-4H3. The molecule has 0 heterocycles. The Morgan fingerprint density at radius 3 is 2.33 bits per heavy atom. The third-order valence-corrected chi connectivity index (χ3v) is 4.95. The number of nitrogens with zero attached hydrogens (tertiary/aromatic N) is 1. The number of carbonyl (C=O) groups is 2. The fourth-order valence-electron chi connectivity index (χ4n) is 3.64. The number of rotatable bonds is 10. The lowest BCUT2D eigenvalue weighted by atomic mass is 9.79. The van der Waals surface area contributed by atoms with Crippen LogP contribution in [0, 0.1) is 17.8 Å². The smallest absolute Gasteiger partial charge is 0.307 e. The van der Waals surface area contributed by atoms with Gasteiger partial charge in [-0.3, -0.25) is 9.59 Å². The first-order valence-electron chi connectivity index (χ1n) is 9.92. The van der Waals surface area contributed by atoms with E-state index in [-0.39, 0.29) is 17.8 Å². The minimum atomic E-state index is -0.206. The average Bonchev–Trinajstić information content (AvgIpc) is 2.56. The van der Waals surface area contributed by atoms with Gasteiger partial charge >= 0.3 is 5.97 Å². The topological polar surface area (TPSA) is 46.6 Å². The van der Waals surface area contributed by atoms with Crippen molar-refractivity contribution in [2.24, 2.45) is 17.8 Å². The Bertz CT molecular complexity index is 373. The monoisotopic (exact) mass is 339 g/mol. The maximum Gasteiger partial charge on any atom is 0.307 e. The number of hydrogen-bond donors (Lipinski definition) is 0. The molecule has 0 aliphatic heterocycles. The van der Waals surface area contributed by atoms with E-state index in [4.69, 9.17) is 4.74 Å². The van der Waals surface area contributed by atoms with Crippen molar-refractivity contribution in [1.29, 1.82) is 0 Å². The van der Waals surface area contributed by atoms with Crippen LogP contribution in [0.5, 0.6) is 0 Å². The molecule has 0 spiro atoms. The number of esters is 1. The summed E-state index contributed by atoms with van der Waals surface area (Å²) >= 11 is 0. The summed E-state index contributed by atoms with van der Waals surface area (Å²) in [5.74, 6) is 1.43. The van der Waals surface area contributed by atoms with Crippen LogP contribution in [0.25, 0.3) is 0 Å². The Labute approximate surface area is 148 Å². The van der Waals surface area contributed by atoms with Crippen LogP contribution in [0.2, 0.25) is 0 Å². The third-order valence-electron chi connectivity index (χ3n) is 4.95. The highest BCUT2D eigenvalue weighted by Gasteiger charge is 2.29. The first-order valence-corrected chi connectivity index (χ1v) is 9.92.